The molecule has 51 heavy (non-hydrogen) atoms. The second-order valence-corrected chi connectivity index (χ2v) is 15.1. The standard InChI is InChI=1S/C49H35NS/c1-49(2)41-24-10-8-20-40(41)46-42(49)25-14-27-44(46)50(43-26-11-9-19-36(43)35-30-29-32-15-6-7-18-34(32)31-35)45-28-13-23-39-38-22-12-21-37(47(38)51-48(39)45)33-16-4-3-5-17-33/h3-31H,1-2H3. The fourth-order valence-corrected chi connectivity index (χ4v) is 9.75. The molecular weight excluding hydrogens is 635 g/mol. The van der Waals surface area contributed by atoms with Crippen LogP contribution in [0.4, 0.5) is 17.1 Å². The first-order valence-electron chi connectivity index (χ1n) is 17.7. The van der Waals surface area contributed by atoms with Gasteiger partial charge in [0.05, 0.1) is 21.8 Å². The molecule has 2 heteroatoms. The Kier molecular flexibility index (Phi) is 6.78. The van der Waals surface area contributed by atoms with Crippen LogP contribution in [0.15, 0.2) is 176 Å². The number of thiophene rings is 1. The van der Waals surface area contributed by atoms with E-state index >= 15 is 0 Å². The number of para-hydroxylation sites is 1. The summed E-state index contributed by atoms with van der Waals surface area (Å²) in [4.78, 5) is 2.56. The number of nitrogens with zero attached hydrogens (tertiary/aromatic N) is 1. The normalized spacial score (nSPS) is 13.1. The average molecular weight is 670 g/mol. The molecule has 1 nitrogen and oxygen atoms in total. The van der Waals surface area contributed by atoms with Crippen LogP contribution in [0.25, 0.3) is 64.3 Å². The topological polar surface area (TPSA) is 3.24 Å². The number of anilines is 3. The first kappa shape index (κ1) is 29.9. The van der Waals surface area contributed by atoms with E-state index in [0.717, 1.165) is 5.69 Å². The lowest BCUT2D eigenvalue weighted by atomic mass is 9.82. The summed E-state index contributed by atoms with van der Waals surface area (Å²) in [6.07, 6.45) is 0. The molecule has 0 amide bonds. The zero-order chi connectivity index (χ0) is 34.1. The molecule has 1 heterocycles. The van der Waals surface area contributed by atoms with Crippen molar-refractivity contribution in [3.63, 3.8) is 0 Å². The van der Waals surface area contributed by atoms with Gasteiger partial charge in [-0.3, -0.25) is 0 Å². The number of rotatable bonds is 5. The summed E-state index contributed by atoms with van der Waals surface area (Å²) in [5.41, 5.74) is 13.7. The summed E-state index contributed by atoms with van der Waals surface area (Å²) in [7, 11) is 0. The Labute approximate surface area is 302 Å². The fraction of sp³-hybridized carbons (Fsp3) is 0.0612. The van der Waals surface area contributed by atoms with Gasteiger partial charge in [-0.05, 0) is 68.4 Å². The number of hydrogen-bond donors (Lipinski definition) is 0. The van der Waals surface area contributed by atoms with Crippen LogP contribution in [0, 0.1) is 0 Å². The summed E-state index contributed by atoms with van der Waals surface area (Å²) in [6, 6.07) is 64.8. The molecule has 0 unspecified atom stereocenters. The smallest absolute Gasteiger partial charge is 0.0640 e. The van der Waals surface area contributed by atoms with Gasteiger partial charge in [-0.2, -0.15) is 0 Å². The molecule has 1 aliphatic rings. The van der Waals surface area contributed by atoms with E-state index in [0.29, 0.717) is 0 Å². The number of fused-ring (bicyclic) bond motifs is 7. The average Bonchev–Trinajstić information content (AvgIpc) is 3.68. The molecule has 10 rings (SSSR count). The second-order valence-electron chi connectivity index (χ2n) is 14.1. The van der Waals surface area contributed by atoms with Crippen LogP contribution in [-0.2, 0) is 5.41 Å². The zero-order valence-corrected chi connectivity index (χ0v) is 29.4. The van der Waals surface area contributed by atoms with E-state index in [4.69, 9.17) is 0 Å². The maximum Gasteiger partial charge on any atom is 0.0640 e. The predicted octanol–water partition coefficient (Wildman–Crippen LogP) is 14.3. The molecule has 0 N–H and O–H groups in total. The van der Waals surface area contributed by atoms with Gasteiger partial charge in [-0.15, -0.1) is 11.3 Å². The molecular formula is C49H35NS. The van der Waals surface area contributed by atoms with Crippen molar-refractivity contribution in [1.82, 2.24) is 0 Å². The van der Waals surface area contributed by atoms with Gasteiger partial charge < -0.3 is 4.90 Å². The highest BCUT2D eigenvalue weighted by molar-refractivity contribution is 7.27. The lowest BCUT2D eigenvalue weighted by molar-refractivity contribution is 0.660. The van der Waals surface area contributed by atoms with Crippen molar-refractivity contribution < 1.29 is 0 Å². The summed E-state index contributed by atoms with van der Waals surface area (Å²) >= 11 is 1.91. The molecule has 8 aromatic carbocycles. The van der Waals surface area contributed by atoms with Gasteiger partial charge >= 0.3 is 0 Å². The molecule has 242 valence electrons. The summed E-state index contributed by atoms with van der Waals surface area (Å²) < 4.78 is 2.60. The van der Waals surface area contributed by atoms with E-state index in [1.54, 1.807) is 0 Å². The molecule has 9 aromatic rings. The van der Waals surface area contributed by atoms with Crippen molar-refractivity contribution in [1.29, 1.82) is 0 Å². The molecule has 1 aliphatic carbocycles. The third-order valence-electron chi connectivity index (χ3n) is 10.9. The molecule has 0 saturated carbocycles. The van der Waals surface area contributed by atoms with E-state index in [1.807, 2.05) is 11.3 Å². The van der Waals surface area contributed by atoms with Crippen molar-refractivity contribution in [3.05, 3.63) is 187 Å². The highest BCUT2D eigenvalue weighted by Gasteiger charge is 2.38. The molecule has 0 fully saturated rings. The van der Waals surface area contributed by atoms with Gasteiger partial charge in [0.15, 0.2) is 0 Å². The molecule has 0 bridgehead atoms. The first-order chi connectivity index (χ1) is 25.1. The quantitative estimate of drug-likeness (QED) is 0.176. The van der Waals surface area contributed by atoms with Crippen LogP contribution in [0.1, 0.15) is 25.0 Å². The first-order valence-corrected chi connectivity index (χ1v) is 18.5. The third kappa shape index (κ3) is 4.60. The summed E-state index contributed by atoms with van der Waals surface area (Å²) in [5, 5.41) is 5.07. The highest BCUT2D eigenvalue weighted by atomic mass is 32.1. The van der Waals surface area contributed by atoms with Crippen molar-refractivity contribution in [2.24, 2.45) is 0 Å². The van der Waals surface area contributed by atoms with Crippen LogP contribution in [0.3, 0.4) is 0 Å². The Balaban J connectivity index is 1.29. The Hall–Kier alpha value is -5.96. The van der Waals surface area contributed by atoms with Gasteiger partial charge in [0.25, 0.3) is 0 Å². The maximum absolute atomic E-state index is 2.56. The van der Waals surface area contributed by atoms with E-state index < -0.39 is 0 Å². The van der Waals surface area contributed by atoms with E-state index in [-0.39, 0.29) is 5.41 Å². The predicted molar refractivity (Wildman–Crippen MR) is 220 cm³/mol. The van der Waals surface area contributed by atoms with Gasteiger partial charge in [0.1, 0.15) is 0 Å². The summed E-state index contributed by atoms with van der Waals surface area (Å²) in [5.74, 6) is 0. The minimum Gasteiger partial charge on any atom is -0.308 e. The van der Waals surface area contributed by atoms with Crippen LogP contribution < -0.4 is 4.90 Å². The van der Waals surface area contributed by atoms with E-state index in [1.165, 1.54) is 86.8 Å². The van der Waals surface area contributed by atoms with Crippen LogP contribution in [0.2, 0.25) is 0 Å². The van der Waals surface area contributed by atoms with Gasteiger partial charge in [-0.25, -0.2) is 0 Å². The molecule has 0 atom stereocenters. The van der Waals surface area contributed by atoms with Gasteiger partial charge in [-0.1, -0.05) is 166 Å². The van der Waals surface area contributed by atoms with Crippen LogP contribution in [0.5, 0.6) is 0 Å². The largest absolute Gasteiger partial charge is 0.308 e. The Morgan fingerprint density at radius 2 is 1.02 bits per heavy atom. The number of hydrogen-bond acceptors (Lipinski definition) is 2. The van der Waals surface area contributed by atoms with Crippen molar-refractivity contribution in [3.8, 4) is 33.4 Å². The Bertz CT molecular complexity index is 2790. The minimum atomic E-state index is -0.111. The SMILES string of the molecule is CC1(C)c2ccccc2-c2c(N(c3ccccc3-c3ccc4ccccc4c3)c3cccc4c3sc3c(-c5ccccc5)cccc34)cccc21. The van der Waals surface area contributed by atoms with Crippen molar-refractivity contribution in [2.75, 3.05) is 4.90 Å². The van der Waals surface area contributed by atoms with Gasteiger partial charge in [0.2, 0.25) is 0 Å². The lowest BCUT2D eigenvalue weighted by Gasteiger charge is -2.31. The molecule has 0 saturated heterocycles. The highest BCUT2D eigenvalue weighted by Crippen LogP contribution is 2.56. The van der Waals surface area contributed by atoms with E-state index in [2.05, 4.69) is 195 Å². The monoisotopic (exact) mass is 669 g/mol. The molecule has 1 aromatic heterocycles. The lowest BCUT2D eigenvalue weighted by Crippen LogP contribution is -2.16. The molecule has 0 spiro atoms. The maximum atomic E-state index is 2.56. The summed E-state index contributed by atoms with van der Waals surface area (Å²) in [6.45, 7) is 4.74. The van der Waals surface area contributed by atoms with Crippen molar-refractivity contribution >= 4 is 59.3 Å². The fourth-order valence-electron chi connectivity index (χ4n) is 8.41. The zero-order valence-electron chi connectivity index (χ0n) is 28.6. The number of benzene rings is 8. The molecule has 0 radical (unpaired) electrons. The second kappa shape index (κ2) is 11.6. The van der Waals surface area contributed by atoms with E-state index in [9.17, 15) is 0 Å². The molecule has 0 aliphatic heterocycles. The van der Waals surface area contributed by atoms with Crippen LogP contribution in [-0.4, -0.2) is 0 Å². The third-order valence-corrected chi connectivity index (χ3v) is 12.1. The van der Waals surface area contributed by atoms with Gasteiger partial charge in [0, 0.05) is 32.0 Å². The Morgan fingerprint density at radius 3 is 1.88 bits per heavy atom. The van der Waals surface area contributed by atoms with Crippen LogP contribution >= 0.6 is 11.3 Å². The minimum absolute atomic E-state index is 0.111. The Morgan fingerprint density at radius 1 is 0.412 bits per heavy atom. The van der Waals surface area contributed by atoms with Crippen molar-refractivity contribution in [2.45, 2.75) is 19.3 Å².